The lowest BCUT2D eigenvalue weighted by Gasteiger charge is -2.08. The number of benzene rings is 2. The third-order valence-corrected chi connectivity index (χ3v) is 4.11. The summed E-state index contributed by atoms with van der Waals surface area (Å²) < 4.78 is 7.40. The van der Waals surface area contributed by atoms with Crippen molar-refractivity contribution in [3.05, 3.63) is 103 Å². The lowest BCUT2D eigenvalue weighted by molar-refractivity contribution is 0.102. The molecule has 0 saturated heterocycles. The number of anilines is 1. The molecule has 0 bridgehead atoms. The summed E-state index contributed by atoms with van der Waals surface area (Å²) in [5.41, 5.74) is 2.25. The molecule has 0 aliphatic carbocycles. The van der Waals surface area contributed by atoms with Gasteiger partial charge in [-0.15, -0.1) is 0 Å². The molecule has 4 rings (SSSR count). The number of aromatic nitrogens is 3. The Morgan fingerprint density at radius 2 is 1.79 bits per heavy atom. The number of carbonyl (C=O) groups excluding carboxylic acids is 1. The van der Waals surface area contributed by atoms with Crippen LogP contribution < -0.4 is 10.1 Å². The van der Waals surface area contributed by atoms with E-state index in [1.807, 2.05) is 42.6 Å². The topological polar surface area (TPSA) is 69.0 Å². The first-order valence-electron chi connectivity index (χ1n) is 8.82. The SMILES string of the molecule is O=C(Nc1ccc(-n2cccn2)nc1)c1ccc(OCc2ccccc2)cc1. The minimum Gasteiger partial charge on any atom is -0.489 e. The van der Waals surface area contributed by atoms with Gasteiger partial charge in [-0.05, 0) is 48.0 Å². The molecule has 0 atom stereocenters. The summed E-state index contributed by atoms with van der Waals surface area (Å²) in [5, 5.41) is 6.96. The summed E-state index contributed by atoms with van der Waals surface area (Å²) in [7, 11) is 0. The van der Waals surface area contributed by atoms with Crippen molar-refractivity contribution < 1.29 is 9.53 Å². The molecule has 1 amide bonds. The number of nitrogens with zero attached hydrogens (tertiary/aromatic N) is 3. The first-order valence-corrected chi connectivity index (χ1v) is 8.82. The second-order valence-electron chi connectivity index (χ2n) is 6.11. The van der Waals surface area contributed by atoms with Gasteiger partial charge in [-0.2, -0.15) is 5.10 Å². The summed E-state index contributed by atoms with van der Waals surface area (Å²) in [5.74, 6) is 1.19. The van der Waals surface area contributed by atoms with Crippen molar-refractivity contribution in [2.75, 3.05) is 5.32 Å². The van der Waals surface area contributed by atoms with Crippen LogP contribution in [0.3, 0.4) is 0 Å². The highest BCUT2D eigenvalue weighted by Crippen LogP contribution is 2.16. The van der Waals surface area contributed by atoms with Crippen molar-refractivity contribution in [3.63, 3.8) is 0 Å². The Morgan fingerprint density at radius 3 is 2.46 bits per heavy atom. The number of carbonyl (C=O) groups is 1. The maximum absolute atomic E-state index is 12.4. The summed E-state index contributed by atoms with van der Waals surface area (Å²) >= 11 is 0. The van der Waals surface area contributed by atoms with E-state index in [1.165, 1.54) is 0 Å². The van der Waals surface area contributed by atoms with Crippen LogP contribution in [0.1, 0.15) is 15.9 Å². The fourth-order valence-electron chi connectivity index (χ4n) is 2.65. The Hall–Kier alpha value is -3.93. The average molecular weight is 370 g/mol. The molecule has 0 aliphatic heterocycles. The van der Waals surface area contributed by atoms with E-state index < -0.39 is 0 Å². The number of rotatable bonds is 6. The van der Waals surface area contributed by atoms with Gasteiger partial charge in [0.1, 0.15) is 12.4 Å². The molecule has 0 spiro atoms. The van der Waals surface area contributed by atoms with E-state index in [9.17, 15) is 4.79 Å². The van der Waals surface area contributed by atoms with Crippen LogP contribution >= 0.6 is 0 Å². The third kappa shape index (κ3) is 4.24. The Morgan fingerprint density at radius 1 is 0.964 bits per heavy atom. The third-order valence-electron chi connectivity index (χ3n) is 4.11. The molecule has 0 radical (unpaired) electrons. The Labute approximate surface area is 162 Å². The smallest absolute Gasteiger partial charge is 0.255 e. The summed E-state index contributed by atoms with van der Waals surface area (Å²) in [6.07, 6.45) is 5.10. The van der Waals surface area contributed by atoms with Crippen molar-refractivity contribution >= 4 is 11.6 Å². The van der Waals surface area contributed by atoms with Gasteiger partial charge in [0, 0.05) is 18.0 Å². The summed E-state index contributed by atoms with van der Waals surface area (Å²) in [6.45, 7) is 0.487. The number of pyridine rings is 1. The Kier molecular flexibility index (Phi) is 5.11. The van der Waals surface area contributed by atoms with Crippen LogP contribution in [0.15, 0.2) is 91.4 Å². The van der Waals surface area contributed by atoms with E-state index in [1.54, 1.807) is 53.5 Å². The normalized spacial score (nSPS) is 10.4. The predicted molar refractivity (Wildman–Crippen MR) is 107 cm³/mol. The lowest BCUT2D eigenvalue weighted by atomic mass is 10.2. The zero-order valence-electron chi connectivity index (χ0n) is 15.0. The molecular weight excluding hydrogens is 352 g/mol. The molecule has 2 heterocycles. The van der Waals surface area contributed by atoms with E-state index in [4.69, 9.17) is 4.74 Å². The number of nitrogens with one attached hydrogen (secondary N) is 1. The van der Waals surface area contributed by atoms with Gasteiger partial charge in [-0.3, -0.25) is 4.79 Å². The fraction of sp³-hybridized carbons (Fsp3) is 0.0455. The molecule has 0 unspecified atom stereocenters. The predicted octanol–water partition coefficient (Wildman–Crippen LogP) is 4.10. The molecule has 28 heavy (non-hydrogen) atoms. The van der Waals surface area contributed by atoms with Crippen molar-refractivity contribution in [1.29, 1.82) is 0 Å². The second-order valence-corrected chi connectivity index (χ2v) is 6.11. The molecule has 0 fully saturated rings. The highest BCUT2D eigenvalue weighted by atomic mass is 16.5. The van der Waals surface area contributed by atoms with Gasteiger partial charge in [0.25, 0.3) is 5.91 Å². The Bertz CT molecular complexity index is 1030. The maximum Gasteiger partial charge on any atom is 0.255 e. The minimum absolute atomic E-state index is 0.205. The van der Waals surface area contributed by atoms with Crippen LogP contribution in [-0.4, -0.2) is 20.7 Å². The van der Waals surface area contributed by atoms with Crippen LogP contribution in [0, 0.1) is 0 Å². The van der Waals surface area contributed by atoms with Gasteiger partial charge in [0.15, 0.2) is 5.82 Å². The molecule has 2 aromatic carbocycles. The van der Waals surface area contributed by atoms with Crippen LogP contribution in [-0.2, 0) is 6.61 Å². The summed E-state index contributed by atoms with van der Waals surface area (Å²) in [4.78, 5) is 16.7. The highest BCUT2D eigenvalue weighted by molar-refractivity contribution is 6.04. The standard InChI is InChI=1S/C22H18N4O2/c27-22(25-19-9-12-21(23-15-19)26-14-4-13-24-26)18-7-10-20(11-8-18)28-16-17-5-2-1-3-6-17/h1-15H,16H2,(H,25,27). The second kappa shape index (κ2) is 8.18. The van der Waals surface area contributed by atoms with E-state index >= 15 is 0 Å². The van der Waals surface area contributed by atoms with Crippen molar-refractivity contribution in [2.24, 2.45) is 0 Å². The van der Waals surface area contributed by atoms with E-state index in [0.717, 1.165) is 5.56 Å². The van der Waals surface area contributed by atoms with Gasteiger partial charge >= 0.3 is 0 Å². The molecule has 1 N–H and O–H groups in total. The van der Waals surface area contributed by atoms with E-state index in [-0.39, 0.29) is 5.91 Å². The van der Waals surface area contributed by atoms with Crippen molar-refractivity contribution in [3.8, 4) is 11.6 Å². The van der Waals surface area contributed by atoms with Crippen molar-refractivity contribution in [1.82, 2.24) is 14.8 Å². The zero-order valence-corrected chi connectivity index (χ0v) is 15.0. The van der Waals surface area contributed by atoms with E-state index in [0.29, 0.717) is 29.4 Å². The average Bonchev–Trinajstić information content (AvgIpc) is 3.29. The van der Waals surface area contributed by atoms with Crippen LogP contribution in [0.25, 0.3) is 5.82 Å². The number of ether oxygens (including phenoxy) is 1. The van der Waals surface area contributed by atoms with Crippen LogP contribution in [0.5, 0.6) is 5.75 Å². The van der Waals surface area contributed by atoms with Gasteiger partial charge in [0.2, 0.25) is 0 Å². The van der Waals surface area contributed by atoms with Gasteiger partial charge in [-0.1, -0.05) is 30.3 Å². The lowest BCUT2D eigenvalue weighted by Crippen LogP contribution is -2.12. The summed E-state index contributed by atoms with van der Waals surface area (Å²) in [6, 6.07) is 22.4. The molecular formula is C22H18N4O2. The molecule has 6 nitrogen and oxygen atoms in total. The number of hydrogen-bond donors (Lipinski definition) is 1. The number of hydrogen-bond acceptors (Lipinski definition) is 4. The minimum atomic E-state index is -0.205. The highest BCUT2D eigenvalue weighted by Gasteiger charge is 2.07. The quantitative estimate of drug-likeness (QED) is 0.555. The fourth-order valence-corrected chi connectivity index (χ4v) is 2.65. The molecule has 138 valence electrons. The molecule has 4 aromatic rings. The monoisotopic (exact) mass is 370 g/mol. The van der Waals surface area contributed by atoms with Gasteiger partial charge in [0.05, 0.1) is 11.9 Å². The largest absolute Gasteiger partial charge is 0.489 e. The molecule has 0 aliphatic rings. The maximum atomic E-state index is 12.4. The van der Waals surface area contributed by atoms with Crippen LogP contribution in [0.2, 0.25) is 0 Å². The number of amides is 1. The molecule has 2 aromatic heterocycles. The first kappa shape index (κ1) is 17.5. The Balaban J connectivity index is 1.35. The molecule has 6 heteroatoms. The first-order chi connectivity index (χ1) is 13.8. The van der Waals surface area contributed by atoms with Gasteiger partial charge < -0.3 is 10.1 Å². The van der Waals surface area contributed by atoms with E-state index in [2.05, 4.69) is 15.4 Å². The van der Waals surface area contributed by atoms with Crippen LogP contribution in [0.4, 0.5) is 5.69 Å². The van der Waals surface area contributed by atoms with Gasteiger partial charge in [-0.25, -0.2) is 9.67 Å². The zero-order chi connectivity index (χ0) is 19.2. The van der Waals surface area contributed by atoms with Crippen molar-refractivity contribution in [2.45, 2.75) is 6.61 Å². The molecule has 0 saturated carbocycles.